The summed E-state index contributed by atoms with van der Waals surface area (Å²) in [5, 5.41) is 51.0. The molecule has 0 fully saturated rings. The normalized spacial score (nSPS) is 11.8. The van der Waals surface area contributed by atoms with Crippen molar-refractivity contribution in [3.05, 3.63) is 319 Å². The van der Waals surface area contributed by atoms with E-state index >= 15 is 0 Å². The molecule has 0 amide bonds. The number of fused-ring (bicyclic) bond motifs is 25. The number of aryl methyl sites for hydroxylation is 7. The highest BCUT2D eigenvalue weighted by Gasteiger charge is 2.39. The van der Waals surface area contributed by atoms with E-state index in [9.17, 15) is 26.3 Å². The fourth-order valence-corrected chi connectivity index (χ4v) is 17.3. The van der Waals surface area contributed by atoms with E-state index in [1.54, 1.807) is 60.7 Å². The van der Waals surface area contributed by atoms with Gasteiger partial charge in [-0.15, -0.1) is 46.8 Å². The maximum atomic E-state index is 9.38. The molecule has 10 heterocycles. The van der Waals surface area contributed by atoms with Crippen molar-refractivity contribution >= 4 is 83.0 Å². The van der Waals surface area contributed by atoms with Crippen molar-refractivity contribution in [2.24, 2.45) is 0 Å². The molecule has 0 aliphatic carbocycles. The number of aromatic nitrogens is 10. The van der Waals surface area contributed by atoms with Gasteiger partial charge in [0.15, 0.2) is 32.7 Å². The first-order chi connectivity index (χ1) is 54.5. The Morgan fingerprint density at radius 1 is 0.283 bits per heavy atom. The van der Waals surface area contributed by atoms with E-state index in [1.807, 2.05) is 31.0 Å². The monoisotopic (exact) mass is 1470 g/mol. The number of hydrogen-bond donors (Lipinski definition) is 0. The molecule has 0 bridgehead atoms. The van der Waals surface area contributed by atoms with Crippen LogP contribution in [0.3, 0.4) is 0 Å². The van der Waals surface area contributed by atoms with Gasteiger partial charge in [0, 0.05) is 11.1 Å². The van der Waals surface area contributed by atoms with Gasteiger partial charge in [0.2, 0.25) is 59.4 Å². The lowest BCUT2D eigenvalue weighted by Gasteiger charge is -2.10. The van der Waals surface area contributed by atoms with Crippen LogP contribution in [0.2, 0.25) is 0 Å². The molecule has 0 radical (unpaired) electrons. The minimum Gasteiger partial charge on any atom is -0.236 e. The highest BCUT2D eigenvalue weighted by molar-refractivity contribution is 6.00. The first-order valence-electron chi connectivity index (χ1n) is 36.8. The van der Waals surface area contributed by atoms with Crippen LogP contribution < -0.4 is 23.4 Å². The first kappa shape index (κ1) is 71.7. The Hall–Kier alpha value is -15.6. The molecule has 20 nitrogen and oxygen atoms in total. The number of hydrogen-bond acceptors (Lipinski definition) is 5. The Labute approximate surface area is 653 Å². The number of nitrogens with zero attached hydrogens (tertiary/aromatic N) is 20. The molecule has 5 aromatic heterocycles. The summed E-state index contributed by atoms with van der Waals surface area (Å²) in [6.07, 6.45) is 9.95. The van der Waals surface area contributed by atoms with Crippen LogP contribution in [-0.2, 0) is 32.7 Å². The van der Waals surface area contributed by atoms with Gasteiger partial charge in [0.25, 0.3) is 0 Å². The zero-order chi connectivity index (χ0) is 79.8. The molecule has 15 aromatic rings. The average Bonchev–Trinajstić information content (AvgIpc) is 1.55. The van der Waals surface area contributed by atoms with E-state index in [1.165, 1.54) is 100 Å². The molecule has 0 unspecified atom stereocenters. The first-order valence-corrected chi connectivity index (χ1v) is 36.8. The van der Waals surface area contributed by atoms with Gasteiger partial charge in [0.05, 0.1) is 135 Å². The van der Waals surface area contributed by atoms with Crippen molar-refractivity contribution in [2.45, 2.75) is 123 Å². The molecule has 0 atom stereocenters. The van der Waals surface area contributed by atoms with Gasteiger partial charge in [-0.1, -0.05) is 78.9 Å². The Morgan fingerprint density at radius 3 is 1.04 bits per heavy atom. The van der Waals surface area contributed by atoms with E-state index < -0.39 is 0 Å². The van der Waals surface area contributed by atoms with Crippen molar-refractivity contribution < 1.29 is 23.4 Å². The average molecular weight is 1470 g/mol. The zero-order valence-electron chi connectivity index (χ0n) is 64.7. The van der Waals surface area contributed by atoms with Crippen LogP contribution in [0.1, 0.15) is 128 Å². The Bertz CT molecular complexity index is 7380. The summed E-state index contributed by atoms with van der Waals surface area (Å²) in [5.74, 6) is 0. The van der Waals surface area contributed by atoms with E-state index in [2.05, 4.69) is 234 Å². The molecule has 20 heteroatoms. The quantitative estimate of drug-likeness (QED) is 0.108. The van der Waals surface area contributed by atoms with Crippen LogP contribution in [0, 0.1) is 180 Å². The molecule has 20 rings (SSSR count). The van der Waals surface area contributed by atoms with Crippen LogP contribution >= 0.6 is 0 Å². The second-order valence-electron chi connectivity index (χ2n) is 29.7. The largest absolute Gasteiger partial charge is 0.236 e. The second-order valence-corrected chi connectivity index (χ2v) is 29.7. The minimum atomic E-state index is 0.583. The van der Waals surface area contributed by atoms with Crippen LogP contribution in [-0.4, -0.2) is 23.4 Å². The van der Waals surface area contributed by atoms with Gasteiger partial charge in [-0.25, -0.2) is 24.2 Å². The van der Waals surface area contributed by atoms with Gasteiger partial charge in [-0.2, -0.15) is 26.3 Å². The minimum absolute atomic E-state index is 0.583. The van der Waals surface area contributed by atoms with Crippen molar-refractivity contribution in [3.8, 4) is 58.8 Å². The Balaban J connectivity index is 0.000000107. The van der Waals surface area contributed by atoms with E-state index in [0.717, 1.165) is 116 Å². The lowest BCUT2D eigenvalue weighted by Crippen LogP contribution is -2.36. The summed E-state index contributed by atoms with van der Waals surface area (Å²) in [6.45, 7) is 68.9. The van der Waals surface area contributed by atoms with Gasteiger partial charge < -0.3 is 0 Å². The Kier molecular flexibility index (Phi) is 17.1. The van der Waals surface area contributed by atoms with E-state index in [0.29, 0.717) is 56.3 Å². The molecule has 5 aliphatic heterocycles. The maximum Gasteiger partial charge on any atom is 0.217 e. The summed E-state index contributed by atoms with van der Waals surface area (Å²) in [5.41, 5.74) is 38.6. The topological polar surface area (TPSA) is 185 Å². The predicted molar refractivity (Wildman–Crippen MR) is 429 cm³/mol. The van der Waals surface area contributed by atoms with Crippen LogP contribution in [0.25, 0.3) is 107 Å². The number of rotatable bonds is 0. The molecule has 5 aliphatic rings. The maximum absolute atomic E-state index is 9.38. The zero-order valence-corrected chi connectivity index (χ0v) is 64.7. The van der Waals surface area contributed by atoms with Crippen LogP contribution in [0.15, 0.2) is 134 Å². The smallest absolute Gasteiger partial charge is 0.217 e. The summed E-state index contributed by atoms with van der Waals surface area (Å²) >= 11 is 0. The highest BCUT2D eigenvalue weighted by Crippen LogP contribution is 2.42. The molecule has 0 saturated carbocycles. The fraction of sp³-hybridized carbons (Fsp3) is 0.194. The Morgan fingerprint density at radius 2 is 0.611 bits per heavy atom. The summed E-state index contributed by atoms with van der Waals surface area (Å²) in [6, 6.07) is 43.8. The third kappa shape index (κ3) is 10.8. The summed E-state index contributed by atoms with van der Waals surface area (Å²) in [4.78, 5) is 18.3. The fourth-order valence-electron chi connectivity index (χ4n) is 17.3. The SMILES string of the molecule is [C-]#[N+]c1ccc(C#N)c2c[n+]3n(c12)-c1c(C)c(C)cc(C)c1C3.[C-]#[N+]c1ccc(C#N)c2c[n+]3n(c12)-c1c(cc(C)c(C)c1C)C3.[C-]#[N+]c1ccc(C#N)c2c[n+]3n(c12)-c1c(ccc(C)c1C)C3.[C-]#[N+]c1ccc(C#N)c2c[n+]3n(c12)-c1cc(C)c(C)c(C)c1C3.[C-]#[N+]c1ccc(C#N)c2c[n+]3n(c12)-c1cc(C)cc(C)c1C3. The van der Waals surface area contributed by atoms with Crippen molar-refractivity contribution in [1.29, 1.82) is 26.3 Å². The van der Waals surface area contributed by atoms with E-state index in [4.69, 9.17) is 32.9 Å². The number of benzene rings is 10. The van der Waals surface area contributed by atoms with Gasteiger partial charge in [0.1, 0.15) is 56.0 Å². The third-order valence-corrected chi connectivity index (χ3v) is 23.6. The lowest BCUT2D eigenvalue weighted by molar-refractivity contribution is -0.749. The number of nitriles is 5. The molecular formula is C93H71N20+5. The van der Waals surface area contributed by atoms with Crippen LogP contribution in [0.4, 0.5) is 28.4 Å². The molecule has 538 valence electrons. The molecular weight excluding hydrogens is 1400 g/mol. The standard InChI is InChI=1S/3C19H15N4.2C18H13N4/c1-11-7-18-15(13(3)12(11)2)9-22-10-16-14(8-20)5-6-17(21-4)19(16)23(18)22;1-11-7-15-9-22-10-16-14(8-20)5-6-17(21-4)19(16)23(22)18(15)13(3)12(11)2;1-11-7-12(2)15-9-22-10-16-14(8-20)5-6-17(21-4)19(16)23(22)18(15)13(11)3;1-11-6-12(2)14-9-21-10-15-13(8-19)4-5-16(20-3)18(15)22(21)17(14)7-11;1-11-4-5-14-9-21-10-15-13(8-19)6-7-16(20-3)18(15)22(21)17(14)12(11)2/h3*5-7,10H,9H2,1-3H3;2*4-7,10H,9H2,1-2H3/q5*+1. The third-order valence-electron chi connectivity index (χ3n) is 23.6. The summed E-state index contributed by atoms with van der Waals surface area (Å²) < 4.78 is 21.0. The van der Waals surface area contributed by atoms with Gasteiger partial charge >= 0.3 is 0 Å². The molecule has 0 N–H and O–H groups in total. The van der Waals surface area contributed by atoms with E-state index in [-0.39, 0.29) is 0 Å². The predicted octanol–water partition coefficient (Wildman–Crippen LogP) is 17.5. The molecule has 10 aromatic carbocycles. The lowest BCUT2D eigenvalue weighted by atomic mass is 9.97. The summed E-state index contributed by atoms with van der Waals surface area (Å²) in [7, 11) is 0. The van der Waals surface area contributed by atoms with Crippen LogP contribution in [0.5, 0.6) is 0 Å². The van der Waals surface area contributed by atoms with Crippen molar-refractivity contribution in [3.63, 3.8) is 0 Å². The van der Waals surface area contributed by atoms with Crippen molar-refractivity contribution in [1.82, 2.24) is 23.4 Å². The molecule has 113 heavy (non-hydrogen) atoms. The van der Waals surface area contributed by atoms with Gasteiger partial charge in [-0.3, -0.25) is 0 Å². The van der Waals surface area contributed by atoms with Crippen molar-refractivity contribution in [2.75, 3.05) is 0 Å². The molecule has 0 spiro atoms. The van der Waals surface area contributed by atoms with Gasteiger partial charge in [-0.05, 0) is 187 Å². The highest BCUT2D eigenvalue weighted by atomic mass is 15.5. The second kappa shape index (κ2) is 27.0. The molecule has 0 saturated heterocycles.